The van der Waals surface area contributed by atoms with Crippen LogP contribution >= 0.6 is 11.3 Å². The molecule has 0 unspecified atom stereocenters. The molecule has 3 rings (SSSR count). The van der Waals surface area contributed by atoms with Gasteiger partial charge in [0.2, 0.25) is 5.91 Å². The standard InChI is InChI=1S/C17H11F4N3O3S/c18-12-4-3-9(6-11(12)17(19,20)21)22-14(25)7-10-8-28-16(23-10)24-15(26)13-2-1-5-27-13/h1-6,8H,7H2,(H,22,25)(H,23,24,26). The summed E-state index contributed by atoms with van der Waals surface area (Å²) in [4.78, 5) is 27.9. The van der Waals surface area contributed by atoms with Crippen LogP contribution < -0.4 is 10.6 Å². The maximum atomic E-state index is 13.3. The van der Waals surface area contributed by atoms with Gasteiger partial charge in [0.05, 0.1) is 23.9 Å². The molecule has 0 spiro atoms. The fourth-order valence-electron chi connectivity index (χ4n) is 2.20. The molecule has 6 nitrogen and oxygen atoms in total. The van der Waals surface area contributed by atoms with E-state index in [-0.39, 0.29) is 23.0 Å². The van der Waals surface area contributed by atoms with Crippen molar-refractivity contribution < 1.29 is 31.6 Å². The second-order valence-electron chi connectivity index (χ2n) is 5.49. The minimum atomic E-state index is -4.87. The number of carbonyl (C=O) groups is 2. The lowest BCUT2D eigenvalue weighted by Crippen LogP contribution is -2.16. The molecule has 2 heterocycles. The number of furan rings is 1. The van der Waals surface area contributed by atoms with E-state index in [1.165, 1.54) is 17.7 Å². The number of benzene rings is 1. The molecule has 2 aromatic heterocycles. The molecular weight excluding hydrogens is 402 g/mol. The molecule has 3 aromatic rings. The Hall–Kier alpha value is -3.21. The number of hydrogen-bond acceptors (Lipinski definition) is 5. The second kappa shape index (κ2) is 7.80. The Morgan fingerprint density at radius 3 is 2.64 bits per heavy atom. The number of halogens is 4. The number of alkyl halides is 3. The quantitative estimate of drug-likeness (QED) is 0.610. The van der Waals surface area contributed by atoms with E-state index in [9.17, 15) is 27.2 Å². The SMILES string of the molecule is O=C(Cc1csc(NC(=O)c2ccco2)n1)Nc1ccc(F)c(C(F)(F)F)c1. The van der Waals surface area contributed by atoms with E-state index in [4.69, 9.17) is 4.42 Å². The summed E-state index contributed by atoms with van der Waals surface area (Å²) in [5.74, 6) is -2.50. The minimum Gasteiger partial charge on any atom is -0.459 e. The van der Waals surface area contributed by atoms with Gasteiger partial charge in [-0.3, -0.25) is 14.9 Å². The lowest BCUT2D eigenvalue weighted by Gasteiger charge is -2.10. The van der Waals surface area contributed by atoms with Crippen LogP contribution in [0, 0.1) is 5.82 Å². The summed E-state index contributed by atoms with van der Waals surface area (Å²) in [6.45, 7) is 0. The van der Waals surface area contributed by atoms with Crippen LogP contribution in [0.25, 0.3) is 0 Å². The number of amides is 2. The molecule has 0 radical (unpaired) electrons. The Kier molecular flexibility index (Phi) is 5.45. The van der Waals surface area contributed by atoms with E-state index in [1.807, 2.05) is 0 Å². The largest absolute Gasteiger partial charge is 0.459 e. The molecule has 28 heavy (non-hydrogen) atoms. The third-order valence-corrected chi connectivity index (χ3v) is 4.22. The van der Waals surface area contributed by atoms with Crippen molar-refractivity contribution in [3.63, 3.8) is 0 Å². The molecular formula is C17H11F4N3O3S. The molecule has 0 atom stereocenters. The van der Waals surface area contributed by atoms with Gasteiger partial charge < -0.3 is 9.73 Å². The van der Waals surface area contributed by atoms with Gasteiger partial charge in [0, 0.05) is 11.1 Å². The molecule has 146 valence electrons. The molecule has 2 N–H and O–H groups in total. The van der Waals surface area contributed by atoms with Gasteiger partial charge in [0.1, 0.15) is 5.82 Å². The fraction of sp³-hybridized carbons (Fsp3) is 0.118. The molecule has 0 saturated carbocycles. The van der Waals surface area contributed by atoms with E-state index >= 15 is 0 Å². The van der Waals surface area contributed by atoms with Gasteiger partial charge in [-0.2, -0.15) is 13.2 Å². The Morgan fingerprint density at radius 2 is 1.96 bits per heavy atom. The van der Waals surface area contributed by atoms with Crippen LogP contribution in [-0.4, -0.2) is 16.8 Å². The van der Waals surface area contributed by atoms with Gasteiger partial charge in [0.25, 0.3) is 5.91 Å². The fourth-order valence-corrected chi connectivity index (χ4v) is 2.91. The topological polar surface area (TPSA) is 84.2 Å². The summed E-state index contributed by atoms with van der Waals surface area (Å²) >= 11 is 1.07. The van der Waals surface area contributed by atoms with Gasteiger partial charge in [0.15, 0.2) is 10.9 Å². The summed E-state index contributed by atoms with van der Waals surface area (Å²) in [5.41, 5.74) is -1.36. The zero-order valence-electron chi connectivity index (χ0n) is 13.8. The van der Waals surface area contributed by atoms with E-state index in [0.29, 0.717) is 17.8 Å². The number of carbonyl (C=O) groups excluding carboxylic acids is 2. The highest BCUT2D eigenvalue weighted by atomic mass is 32.1. The first-order valence-electron chi connectivity index (χ1n) is 7.68. The van der Waals surface area contributed by atoms with Crippen LogP contribution in [0.15, 0.2) is 46.4 Å². The van der Waals surface area contributed by atoms with Crippen LogP contribution in [0.5, 0.6) is 0 Å². The Morgan fingerprint density at radius 1 is 1.18 bits per heavy atom. The predicted octanol–water partition coefficient (Wildman–Crippen LogP) is 4.33. The Labute approximate surface area is 159 Å². The van der Waals surface area contributed by atoms with Crippen LogP contribution in [0.1, 0.15) is 21.8 Å². The third-order valence-electron chi connectivity index (χ3n) is 3.41. The van der Waals surface area contributed by atoms with Gasteiger partial charge >= 0.3 is 6.18 Å². The highest BCUT2D eigenvalue weighted by Crippen LogP contribution is 2.33. The number of anilines is 2. The Bertz CT molecular complexity index is 999. The van der Waals surface area contributed by atoms with E-state index < -0.39 is 29.4 Å². The van der Waals surface area contributed by atoms with E-state index in [0.717, 1.165) is 17.4 Å². The van der Waals surface area contributed by atoms with Gasteiger partial charge in [-0.25, -0.2) is 9.37 Å². The van der Waals surface area contributed by atoms with Crippen LogP contribution in [0.4, 0.5) is 28.4 Å². The number of rotatable bonds is 5. The van der Waals surface area contributed by atoms with Crippen molar-refractivity contribution in [3.8, 4) is 0 Å². The number of nitrogens with zero attached hydrogens (tertiary/aromatic N) is 1. The molecule has 0 aliphatic heterocycles. The first kappa shape index (κ1) is 19.5. The Balaban J connectivity index is 1.61. The molecule has 0 fully saturated rings. The molecule has 0 aliphatic carbocycles. The number of hydrogen-bond donors (Lipinski definition) is 2. The summed E-state index contributed by atoms with van der Waals surface area (Å²) in [6.07, 6.45) is -3.78. The molecule has 0 aliphatic rings. The summed E-state index contributed by atoms with van der Waals surface area (Å²) in [6, 6.07) is 5.19. The highest BCUT2D eigenvalue weighted by molar-refractivity contribution is 7.14. The zero-order chi connectivity index (χ0) is 20.3. The molecule has 1 aromatic carbocycles. The lowest BCUT2D eigenvalue weighted by atomic mass is 10.1. The zero-order valence-corrected chi connectivity index (χ0v) is 14.7. The summed E-state index contributed by atoms with van der Waals surface area (Å²) in [5, 5.41) is 6.50. The summed E-state index contributed by atoms with van der Waals surface area (Å²) in [7, 11) is 0. The predicted molar refractivity (Wildman–Crippen MR) is 92.5 cm³/mol. The first-order valence-corrected chi connectivity index (χ1v) is 8.56. The van der Waals surface area contributed by atoms with Gasteiger partial charge in [-0.15, -0.1) is 11.3 Å². The van der Waals surface area contributed by atoms with Crippen molar-refractivity contribution >= 4 is 34.0 Å². The molecule has 11 heteroatoms. The summed E-state index contributed by atoms with van der Waals surface area (Å²) < 4.78 is 56.4. The van der Waals surface area contributed by atoms with Gasteiger partial charge in [-0.1, -0.05) is 0 Å². The van der Waals surface area contributed by atoms with Crippen LogP contribution in [0.3, 0.4) is 0 Å². The van der Waals surface area contributed by atoms with Crippen molar-refractivity contribution in [1.82, 2.24) is 4.98 Å². The van der Waals surface area contributed by atoms with Crippen molar-refractivity contribution in [1.29, 1.82) is 0 Å². The normalized spacial score (nSPS) is 11.3. The smallest absolute Gasteiger partial charge is 0.419 e. The monoisotopic (exact) mass is 413 g/mol. The number of aromatic nitrogens is 1. The van der Waals surface area contributed by atoms with Gasteiger partial charge in [-0.05, 0) is 30.3 Å². The van der Waals surface area contributed by atoms with E-state index in [1.54, 1.807) is 6.07 Å². The van der Waals surface area contributed by atoms with Crippen molar-refractivity contribution in [2.45, 2.75) is 12.6 Å². The average molecular weight is 413 g/mol. The maximum absolute atomic E-state index is 13.3. The second-order valence-corrected chi connectivity index (χ2v) is 6.35. The highest BCUT2D eigenvalue weighted by Gasteiger charge is 2.34. The van der Waals surface area contributed by atoms with Crippen molar-refractivity contribution in [2.24, 2.45) is 0 Å². The number of thiazole rings is 1. The van der Waals surface area contributed by atoms with Crippen molar-refractivity contribution in [3.05, 3.63) is 64.8 Å². The molecule has 2 amide bonds. The van der Waals surface area contributed by atoms with Crippen LogP contribution in [0.2, 0.25) is 0 Å². The molecule has 0 bridgehead atoms. The number of nitrogens with one attached hydrogen (secondary N) is 2. The third kappa shape index (κ3) is 4.74. The van der Waals surface area contributed by atoms with Crippen LogP contribution in [-0.2, 0) is 17.4 Å². The van der Waals surface area contributed by atoms with Crippen molar-refractivity contribution in [2.75, 3.05) is 10.6 Å². The van der Waals surface area contributed by atoms with E-state index in [2.05, 4.69) is 15.6 Å². The molecule has 0 saturated heterocycles. The lowest BCUT2D eigenvalue weighted by molar-refractivity contribution is -0.140. The average Bonchev–Trinajstić information content (AvgIpc) is 3.27. The maximum Gasteiger partial charge on any atom is 0.419 e. The minimum absolute atomic E-state index is 0.0891. The first-order chi connectivity index (χ1) is 13.2.